The summed E-state index contributed by atoms with van der Waals surface area (Å²) in [6.07, 6.45) is 5.26. The van der Waals surface area contributed by atoms with Gasteiger partial charge >= 0.3 is 0 Å². The molecule has 1 heterocycles. The van der Waals surface area contributed by atoms with Gasteiger partial charge < -0.3 is 10.6 Å². The molecule has 4 heteroatoms. The summed E-state index contributed by atoms with van der Waals surface area (Å²) in [6, 6.07) is 8.05. The highest BCUT2D eigenvalue weighted by Gasteiger charge is 2.04. The predicted octanol–water partition coefficient (Wildman–Crippen LogP) is 2.20. The predicted molar refractivity (Wildman–Crippen MR) is 75.7 cm³/mol. The highest BCUT2D eigenvalue weighted by molar-refractivity contribution is 5.78. The van der Waals surface area contributed by atoms with E-state index < -0.39 is 0 Å². The van der Waals surface area contributed by atoms with Crippen LogP contribution in [0.1, 0.15) is 19.3 Å². The fourth-order valence-corrected chi connectivity index (χ4v) is 1.92. The first kappa shape index (κ1) is 12.8. The molecule has 0 aliphatic rings. The number of anilines is 1. The molecule has 2 rings (SSSR count). The number of rotatable bonds is 6. The molecular weight excluding hydrogens is 224 g/mol. The van der Waals surface area contributed by atoms with Gasteiger partial charge in [0.15, 0.2) is 0 Å². The Bertz CT molecular complexity index is 498. The van der Waals surface area contributed by atoms with Crippen LogP contribution in [0.25, 0.3) is 10.9 Å². The van der Waals surface area contributed by atoms with Crippen molar-refractivity contribution in [2.75, 3.05) is 25.0 Å². The van der Waals surface area contributed by atoms with E-state index >= 15 is 0 Å². The quantitative estimate of drug-likeness (QED) is 0.791. The zero-order valence-corrected chi connectivity index (χ0v) is 10.8. The molecular formula is C14H20N4. The third-order valence-corrected chi connectivity index (χ3v) is 3.02. The van der Waals surface area contributed by atoms with Crippen LogP contribution in [0.2, 0.25) is 0 Å². The lowest BCUT2D eigenvalue weighted by atomic mass is 10.2. The van der Waals surface area contributed by atoms with Gasteiger partial charge in [0.05, 0.1) is 5.52 Å². The Kier molecular flexibility index (Phi) is 4.47. The summed E-state index contributed by atoms with van der Waals surface area (Å²) in [4.78, 5) is 11.1. The minimum absolute atomic E-state index is 0.774. The topological polar surface area (TPSA) is 55.0 Å². The first-order chi connectivity index (χ1) is 8.81. The van der Waals surface area contributed by atoms with Crippen molar-refractivity contribution < 1.29 is 0 Å². The van der Waals surface area contributed by atoms with Crippen LogP contribution in [-0.2, 0) is 0 Å². The lowest BCUT2D eigenvalue weighted by Crippen LogP contribution is -2.21. The molecule has 0 spiro atoms. The molecule has 96 valence electrons. The summed E-state index contributed by atoms with van der Waals surface area (Å²) < 4.78 is 0. The van der Waals surface area contributed by atoms with Gasteiger partial charge in [-0.15, -0.1) is 0 Å². The number of benzene rings is 1. The monoisotopic (exact) mass is 244 g/mol. The van der Waals surface area contributed by atoms with Crippen LogP contribution in [-0.4, -0.2) is 30.1 Å². The van der Waals surface area contributed by atoms with Crippen molar-refractivity contribution >= 4 is 16.9 Å². The van der Waals surface area contributed by atoms with Crippen LogP contribution in [0, 0.1) is 0 Å². The number of hydrogen-bond acceptors (Lipinski definition) is 4. The molecule has 2 N–H and O–H groups in total. The Morgan fingerprint density at radius 2 is 2.00 bits per heavy atom. The SMILES string of the molecule is CN(CCCCCN)c1ncc2ccccc2n1. The van der Waals surface area contributed by atoms with E-state index in [2.05, 4.69) is 14.9 Å². The lowest BCUT2D eigenvalue weighted by Gasteiger charge is -2.16. The van der Waals surface area contributed by atoms with E-state index in [1.165, 1.54) is 0 Å². The van der Waals surface area contributed by atoms with Crippen molar-refractivity contribution in [3.05, 3.63) is 30.5 Å². The maximum atomic E-state index is 5.48. The van der Waals surface area contributed by atoms with Crippen molar-refractivity contribution in [2.24, 2.45) is 5.73 Å². The Morgan fingerprint density at radius 1 is 1.17 bits per heavy atom. The van der Waals surface area contributed by atoms with Crippen LogP contribution in [0.5, 0.6) is 0 Å². The summed E-state index contributed by atoms with van der Waals surface area (Å²) in [5.41, 5.74) is 6.48. The summed E-state index contributed by atoms with van der Waals surface area (Å²) in [6.45, 7) is 1.74. The lowest BCUT2D eigenvalue weighted by molar-refractivity contribution is 0.673. The van der Waals surface area contributed by atoms with Gasteiger partial charge in [-0.1, -0.05) is 24.6 Å². The van der Waals surface area contributed by atoms with E-state index in [1.807, 2.05) is 37.5 Å². The smallest absolute Gasteiger partial charge is 0.225 e. The summed E-state index contributed by atoms with van der Waals surface area (Å²) >= 11 is 0. The number of hydrogen-bond donors (Lipinski definition) is 1. The van der Waals surface area contributed by atoms with Crippen molar-refractivity contribution in [1.29, 1.82) is 0 Å². The number of aromatic nitrogens is 2. The summed E-state index contributed by atoms with van der Waals surface area (Å²) in [7, 11) is 2.03. The second kappa shape index (κ2) is 6.31. The van der Waals surface area contributed by atoms with E-state index in [-0.39, 0.29) is 0 Å². The van der Waals surface area contributed by atoms with Gasteiger partial charge in [0.1, 0.15) is 0 Å². The molecule has 0 bridgehead atoms. The number of para-hydroxylation sites is 1. The average molecular weight is 244 g/mol. The van der Waals surface area contributed by atoms with E-state index in [0.29, 0.717) is 0 Å². The Hall–Kier alpha value is -1.68. The zero-order valence-electron chi connectivity index (χ0n) is 10.8. The molecule has 1 aromatic heterocycles. The molecule has 0 aliphatic carbocycles. The summed E-state index contributed by atoms with van der Waals surface area (Å²) in [5, 5.41) is 1.08. The van der Waals surface area contributed by atoms with Gasteiger partial charge in [0.2, 0.25) is 5.95 Å². The van der Waals surface area contributed by atoms with E-state index in [9.17, 15) is 0 Å². The second-order valence-electron chi connectivity index (χ2n) is 4.50. The molecule has 2 aromatic rings. The molecule has 0 saturated heterocycles. The number of nitrogens with zero attached hydrogens (tertiary/aromatic N) is 3. The Balaban J connectivity index is 2.01. The molecule has 0 saturated carbocycles. The third kappa shape index (κ3) is 3.17. The standard InChI is InChI=1S/C14H20N4/c1-18(10-6-2-5-9-15)14-16-11-12-7-3-4-8-13(12)17-14/h3-4,7-8,11H,2,5-6,9-10,15H2,1H3. The van der Waals surface area contributed by atoms with Crippen LogP contribution in [0.15, 0.2) is 30.5 Å². The largest absolute Gasteiger partial charge is 0.344 e. The van der Waals surface area contributed by atoms with Gasteiger partial charge in [0, 0.05) is 25.2 Å². The van der Waals surface area contributed by atoms with Gasteiger partial charge in [-0.2, -0.15) is 0 Å². The van der Waals surface area contributed by atoms with Crippen molar-refractivity contribution in [3.63, 3.8) is 0 Å². The fraction of sp³-hybridized carbons (Fsp3) is 0.429. The molecule has 0 fully saturated rings. The Morgan fingerprint density at radius 3 is 2.83 bits per heavy atom. The third-order valence-electron chi connectivity index (χ3n) is 3.02. The van der Waals surface area contributed by atoms with Crippen LogP contribution in [0.3, 0.4) is 0 Å². The molecule has 18 heavy (non-hydrogen) atoms. The molecule has 0 unspecified atom stereocenters. The molecule has 1 aromatic carbocycles. The van der Waals surface area contributed by atoms with E-state index in [1.54, 1.807) is 0 Å². The number of nitrogens with two attached hydrogens (primary N) is 1. The van der Waals surface area contributed by atoms with E-state index in [0.717, 1.165) is 49.2 Å². The van der Waals surface area contributed by atoms with E-state index in [4.69, 9.17) is 5.73 Å². The highest BCUT2D eigenvalue weighted by Crippen LogP contribution is 2.14. The van der Waals surface area contributed by atoms with Crippen molar-refractivity contribution in [3.8, 4) is 0 Å². The number of unbranched alkanes of at least 4 members (excludes halogenated alkanes) is 2. The maximum Gasteiger partial charge on any atom is 0.225 e. The summed E-state index contributed by atoms with van der Waals surface area (Å²) in [5.74, 6) is 0.793. The van der Waals surface area contributed by atoms with Gasteiger partial charge in [0.25, 0.3) is 0 Å². The van der Waals surface area contributed by atoms with Gasteiger partial charge in [-0.3, -0.25) is 0 Å². The van der Waals surface area contributed by atoms with Crippen LogP contribution in [0.4, 0.5) is 5.95 Å². The minimum atomic E-state index is 0.774. The molecule has 4 nitrogen and oxygen atoms in total. The second-order valence-corrected chi connectivity index (χ2v) is 4.50. The molecule has 0 atom stereocenters. The maximum absolute atomic E-state index is 5.48. The fourth-order valence-electron chi connectivity index (χ4n) is 1.92. The molecule has 0 amide bonds. The van der Waals surface area contributed by atoms with Crippen molar-refractivity contribution in [1.82, 2.24) is 9.97 Å². The van der Waals surface area contributed by atoms with Gasteiger partial charge in [-0.05, 0) is 25.5 Å². The Labute approximate surface area is 108 Å². The van der Waals surface area contributed by atoms with Gasteiger partial charge in [-0.25, -0.2) is 9.97 Å². The highest BCUT2D eigenvalue weighted by atomic mass is 15.2. The zero-order chi connectivity index (χ0) is 12.8. The van der Waals surface area contributed by atoms with Crippen LogP contribution < -0.4 is 10.6 Å². The number of fused-ring (bicyclic) bond motifs is 1. The van der Waals surface area contributed by atoms with Crippen LogP contribution >= 0.6 is 0 Å². The normalized spacial score (nSPS) is 10.8. The first-order valence-corrected chi connectivity index (χ1v) is 6.44. The average Bonchev–Trinajstić information content (AvgIpc) is 2.43. The minimum Gasteiger partial charge on any atom is -0.344 e. The van der Waals surface area contributed by atoms with Crippen molar-refractivity contribution in [2.45, 2.75) is 19.3 Å². The molecule has 0 radical (unpaired) electrons. The first-order valence-electron chi connectivity index (χ1n) is 6.44. The molecule has 0 aliphatic heterocycles.